The predicted molar refractivity (Wildman–Crippen MR) is 120 cm³/mol. The van der Waals surface area contributed by atoms with Crippen LogP contribution in [0.1, 0.15) is 90.2 Å². The van der Waals surface area contributed by atoms with Crippen molar-refractivity contribution in [2.24, 2.45) is 11.8 Å². The average Bonchev–Trinajstić information content (AvgIpc) is 2.68. The zero-order chi connectivity index (χ0) is 21.1. The van der Waals surface area contributed by atoms with Crippen LogP contribution in [0.2, 0.25) is 0 Å². The van der Waals surface area contributed by atoms with Gasteiger partial charge in [0.15, 0.2) is 0 Å². The molecule has 0 spiro atoms. The van der Waals surface area contributed by atoms with Crippen molar-refractivity contribution in [2.45, 2.75) is 91.9 Å². The van der Waals surface area contributed by atoms with Crippen molar-refractivity contribution in [3.63, 3.8) is 0 Å². The van der Waals surface area contributed by atoms with Crippen LogP contribution in [0.3, 0.4) is 0 Å². The molecule has 0 aliphatic rings. The highest BCUT2D eigenvalue weighted by Gasteiger charge is 2.25. The van der Waals surface area contributed by atoms with Gasteiger partial charge in [-0.15, -0.1) is 0 Å². The van der Waals surface area contributed by atoms with Gasteiger partial charge in [0, 0.05) is 0 Å². The van der Waals surface area contributed by atoms with Crippen molar-refractivity contribution >= 4 is 25.2 Å². The molecule has 1 aromatic carbocycles. The van der Waals surface area contributed by atoms with Crippen LogP contribution < -0.4 is 10.9 Å². The minimum absolute atomic E-state index is 0.458. The third-order valence-corrected chi connectivity index (χ3v) is 6.06. The first kappa shape index (κ1) is 25.2. The summed E-state index contributed by atoms with van der Waals surface area (Å²) in [6, 6.07) is 3.60. The Hall–Kier alpha value is -0.810. The maximum absolute atomic E-state index is 9.98. The molecule has 158 valence electrons. The third-order valence-electron chi connectivity index (χ3n) is 6.06. The van der Waals surface area contributed by atoms with Gasteiger partial charge in [-0.1, -0.05) is 91.2 Å². The number of benzene rings is 1. The fourth-order valence-corrected chi connectivity index (χ4v) is 4.07. The van der Waals surface area contributed by atoms with Gasteiger partial charge in [-0.2, -0.15) is 0 Å². The Morgan fingerprint density at radius 1 is 0.679 bits per heavy atom. The Labute approximate surface area is 172 Å². The maximum Gasteiger partial charge on any atom is 0.488 e. The van der Waals surface area contributed by atoms with Crippen molar-refractivity contribution in [1.82, 2.24) is 0 Å². The van der Waals surface area contributed by atoms with Gasteiger partial charge in [-0.3, -0.25) is 0 Å². The van der Waals surface area contributed by atoms with E-state index < -0.39 is 14.2 Å². The van der Waals surface area contributed by atoms with Crippen LogP contribution in [0, 0.1) is 11.8 Å². The van der Waals surface area contributed by atoms with Crippen molar-refractivity contribution in [3.8, 4) is 0 Å². The fourth-order valence-electron chi connectivity index (χ4n) is 4.07. The highest BCUT2D eigenvalue weighted by molar-refractivity contribution is 6.61. The van der Waals surface area contributed by atoms with Crippen LogP contribution >= 0.6 is 0 Å². The van der Waals surface area contributed by atoms with Crippen LogP contribution in [-0.2, 0) is 12.8 Å². The lowest BCUT2D eigenvalue weighted by Gasteiger charge is -2.22. The van der Waals surface area contributed by atoms with E-state index in [-0.39, 0.29) is 0 Å². The Morgan fingerprint density at radius 3 is 1.29 bits per heavy atom. The molecule has 1 rings (SSSR count). The van der Waals surface area contributed by atoms with E-state index in [0.29, 0.717) is 22.8 Å². The van der Waals surface area contributed by atoms with E-state index in [1.165, 1.54) is 0 Å². The number of rotatable bonds is 14. The van der Waals surface area contributed by atoms with E-state index in [1.807, 2.05) is 0 Å². The third kappa shape index (κ3) is 7.90. The molecule has 0 aromatic heterocycles. The van der Waals surface area contributed by atoms with E-state index in [4.69, 9.17) is 0 Å². The predicted octanol–water partition coefficient (Wildman–Crippen LogP) is 2.56. The topological polar surface area (TPSA) is 80.9 Å². The fraction of sp³-hybridized carbons (Fsp3) is 0.727. The highest BCUT2D eigenvalue weighted by Crippen LogP contribution is 2.21. The number of hydrogen-bond donors (Lipinski definition) is 4. The molecule has 0 bridgehead atoms. The van der Waals surface area contributed by atoms with Gasteiger partial charge in [0.25, 0.3) is 0 Å². The van der Waals surface area contributed by atoms with Crippen LogP contribution in [0.4, 0.5) is 0 Å². The highest BCUT2D eigenvalue weighted by atomic mass is 16.4. The van der Waals surface area contributed by atoms with Crippen molar-refractivity contribution < 1.29 is 20.1 Å². The lowest BCUT2D eigenvalue weighted by Crippen LogP contribution is -2.41. The molecule has 28 heavy (non-hydrogen) atoms. The number of unbranched alkanes of at least 4 members (excludes halogenated alkanes) is 2. The molecule has 0 saturated carbocycles. The molecule has 0 saturated heterocycles. The van der Waals surface area contributed by atoms with E-state index in [1.54, 1.807) is 12.1 Å². The van der Waals surface area contributed by atoms with Crippen molar-refractivity contribution in [2.75, 3.05) is 0 Å². The standard InChI is InChI=1S/C22H40B2O4/c1-5-9-11-17(7-3)13-19-15-22(24(27)28)20(16-21(19)23(25)26)14-18(8-4)12-10-6-2/h15-18,25-28H,5-14H2,1-4H3. The molecule has 2 unspecified atom stereocenters. The molecule has 0 aliphatic carbocycles. The van der Waals surface area contributed by atoms with Gasteiger partial charge in [-0.25, -0.2) is 0 Å². The van der Waals surface area contributed by atoms with E-state index in [9.17, 15) is 20.1 Å². The second-order valence-electron chi connectivity index (χ2n) is 8.24. The molecule has 6 heteroatoms. The largest absolute Gasteiger partial charge is 0.488 e. The van der Waals surface area contributed by atoms with Gasteiger partial charge in [0.2, 0.25) is 0 Å². The monoisotopic (exact) mass is 390 g/mol. The van der Waals surface area contributed by atoms with Crippen LogP contribution in [-0.4, -0.2) is 34.3 Å². The quantitative estimate of drug-likeness (QED) is 0.368. The normalized spacial score (nSPS) is 13.4. The lowest BCUT2D eigenvalue weighted by atomic mass is 9.67. The second-order valence-corrected chi connectivity index (χ2v) is 8.24. The minimum atomic E-state index is -1.54. The summed E-state index contributed by atoms with van der Waals surface area (Å²) in [5.74, 6) is 0.917. The van der Waals surface area contributed by atoms with Gasteiger partial charge in [0.1, 0.15) is 0 Å². The van der Waals surface area contributed by atoms with E-state index >= 15 is 0 Å². The number of hydrogen-bond acceptors (Lipinski definition) is 4. The molecular weight excluding hydrogens is 350 g/mol. The molecule has 0 radical (unpaired) electrons. The van der Waals surface area contributed by atoms with Crippen LogP contribution in [0.25, 0.3) is 0 Å². The summed E-state index contributed by atoms with van der Waals surface area (Å²) < 4.78 is 0. The minimum Gasteiger partial charge on any atom is -0.423 e. The first-order chi connectivity index (χ1) is 13.4. The smallest absolute Gasteiger partial charge is 0.423 e. The summed E-state index contributed by atoms with van der Waals surface area (Å²) in [4.78, 5) is 0. The summed E-state index contributed by atoms with van der Waals surface area (Å²) in [5.41, 5.74) is 2.68. The Balaban J connectivity index is 3.22. The lowest BCUT2D eigenvalue weighted by molar-refractivity contribution is 0.418. The molecule has 0 heterocycles. The zero-order valence-corrected chi connectivity index (χ0v) is 18.3. The zero-order valence-electron chi connectivity index (χ0n) is 18.3. The molecule has 4 N–H and O–H groups in total. The van der Waals surface area contributed by atoms with Crippen molar-refractivity contribution in [3.05, 3.63) is 23.3 Å². The van der Waals surface area contributed by atoms with Crippen LogP contribution in [0.5, 0.6) is 0 Å². The summed E-state index contributed by atoms with van der Waals surface area (Å²) in [7, 11) is -3.09. The summed E-state index contributed by atoms with van der Waals surface area (Å²) in [6.45, 7) is 8.66. The summed E-state index contributed by atoms with van der Waals surface area (Å²) >= 11 is 0. The maximum atomic E-state index is 9.98. The van der Waals surface area contributed by atoms with E-state index in [2.05, 4.69) is 27.7 Å². The molecule has 0 fully saturated rings. The second kappa shape index (κ2) is 13.4. The summed E-state index contributed by atoms with van der Waals surface area (Å²) in [6.07, 6.45) is 10.3. The van der Waals surface area contributed by atoms with Gasteiger partial charge in [0.05, 0.1) is 0 Å². The molecular formula is C22H40B2O4. The SMILES string of the molecule is CCCCC(CC)Cc1cc(B(O)O)c(CC(CC)CCCC)cc1B(O)O. The van der Waals surface area contributed by atoms with E-state index in [0.717, 1.165) is 75.3 Å². The first-order valence-electron chi connectivity index (χ1n) is 11.2. The first-order valence-corrected chi connectivity index (χ1v) is 11.2. The molecule has 1 aromatic rings. The molecule has 0 aliphatic heterocycles. The Kier molecular flexibility index (Phi) is 12.1. The van der Waals surface area contributed by atoms with Gasteiger partial charge < -0.3 is 20.1 Å². The molecule has 4 nitrogen and oxygen atoms in total. The van der Waals surface area contributed by atoms with Gasteiger partial charge in [-0.05, 0) is 46.7 Å². The molecule has 0 amide bonds. The van der Waals surface area contributed by atoms with Crippen molar-refractivity contribution in [1.29, 1.82) is 0 Å². The summed E-state index contributed by atoms with van der Waals surface area (Å²) in [5, 5.41) is 39.9. The Bertz CT molecular complexity index is 514. The Morgan fingerprint density at radius 2 is 1.04 bits per heavy atom. The molecule has 2 atom stereocenters. The van der Waals surface area contributed by atoms with Gasteiger partial charge >= 0.3 is 14.2 Å². The van der Waals surface area contributed by atoms with Crippen LogP contribution in [0.15, 0.2) is 12.1 Å². The average molecular weight is 390 g/mol.